The third-order valence-corrected chi connectivity index (χ3v) is 8.81. The second-order valence-electron chi connectivity index (χ2n) is 14.1. The summed E-state index contributed by atoms with van der Waals surface area (Å²) in [6.07, 6.45) is 10.8. The minimum absolute atomic E-state index is 0.0213. The molecule has 5 heterocycles. The van der Waals surface area contributed by atoms with E-state index in [4.69, 9.17) is 13.8 Å². The predicted octanol–water partition coefficient (Wildman–Crippen LogP) is 6.65. The number of anilines is 1. The predicted molar refractivity (Wildman–Crippen MR) is 187 cm³/mol. The monoisotopic (exact) mass is 597 g/mol. The van der Waals surface area contributed by atoms with Gasteiger partial charge in [0.15, 0.2) is 5.88 Å². The van der Waals surface area contributed by atoms with Gasteiger partial charge in [0.25, 0.3) is 0 Å². The van der Waals surface area contributed by atoms with Gasteiger partial charge in [-0.15, -0.1) is 0 Å². The fourth-order valence-corrected chi connectivity index (χ4v) is 6.55. The zero-order valence-electron chi connectivity index (χ0n) is 30.0. The SMILES string of the molecule is [2H]C([2H])([2H])[n+]1[c-]n(B2C=CC=C(Oc3ccc4c5ccccc5n(-c5cc(C(C)(C)C)ccn5)c4c3)N2)c2c1N(C)B(C(C)(C)C)C=C2. The van der Waals surface area contributed by atoms with Gasteiger partial charge >= 0.3 is 13.8 Å². The topological polar surface area (TPSA) is 51.1 Å². The van der Waals surface area contributed by atoms with Crippen molar-refractivity contribution in [3.8, 4) is 11.6 Å². The lowest BCUT2D eigenvalue weighted by atomic mass is 9.42. The second kappa shape index (κ2) is 10.5. The maximum atomic E-state index is 8.29. The summed E-state index contributed by atoms with van der Waals surface area (Å²) in [4.78, 5) is 6.83. The number of pyridine rings is 1. The van der Waals surface area contributed by atoms with Crippen molar-refractivity contribution in [1.29, 1.82) is 0 Å². The molecule has 0 saturated carbocycles. The van der Waals surface area contributed by atoms with Gasteiger partial charge in [0.2, 0.25) is 0 Å². The molecular weight excluding hydrogens is 554 g/mol. The number of aromatic nitrogens is 4. The molecule has 0 aliphatic carbocycles. The summed E-state index contributed by atoms with van der Waals surface area (Å²) < 4.78 is 36.6. The lowest BCUT2D eigenvalue weighted by Crippen LogP contribution is -2.48. The molecule has 5 aromatic rings. The van der Waals surface area contributed by atoms with Gasteiger partial charge in [-0.3, -0.25) is 4.57 Å². The van der Waals surface area contributed by atoms with E-state index in [0.717, 1.165) is 33.3 Å². The summed E-state index contributed by atoms with van der Waals surface area (Å²) in [5, 5.41) is 5.60. The van der Waals surface area contributed by atoms with Crippen LogP contribution in [0.4, 0.5) is 5.82 Å². The molecule has 1 N–H and O–H groups in total. The summed E-state index contributed by atoms with van der Waals surface area (Å²) in [5.74, 6) is 6.76. The van der Waals surface area contributed by atoms with Crippen LogP contribution in [-0.2, 0) is 12.4 Å². The molecule has 0 saturated heterocycles. The number of aryl methyl sites for hydroxylation is 1. The highest BCUT2D eigenvalue weighted by molar-refractivity contribution is 6.72. The summed E-state index contributed by atoms with van der Waals surface area (Å²) in [6, 6.07) is 18.7. The molecule has 2 aromatic carbocycles. The molecule has 7 rings (SSSR count). The van der Waals surface area contributed by atoms with Crippen LogP contribution in [0.2, 0.25) is 5.31 Å². The van der Waals surface area contributed by atoms with Gasteiger partial charge in [-0.25, -0.2) is 4.98 Å². The molecule has 0 amide bonds. The molecule has 0 unspecified atom stereocenters. The molecule has 0 spiro atoms. The highest BCUT2D eigenvalue weighted by atomic mass is 16.5. The highest BCUT2D eigenvalue weighted by Gasteiger charge is 2.38. The molecule has 0 fully saturated rings. The standard InChI is InChI=1S/C36H40B2N6O/c1-35(2,3)25-18-21-39-32(22-25)44-29-13-10-9-12-27(29)28-16-15-26(23-31(28)44)45-33-14-11-19-38(40-33)43-24-41(7)34-30(43)17-20-37(42(34)8)36(4,5)6/h9-23,40H,1-8H3/i7D3. The number of hydrogen-bond donors (Lipinski definition) is 1. The van der Waals surface area contributed by atoms with Gasteiger partial charge in [-0.05, 0) is 58.4 Å². The molecule has 226 valence electrons. The Balaban J connectivity index is 1.24. The Kier molecular flexibility index (Phi) is 5.97. The number of allylic oxidation sites excluding steroid dienone is 2. The first-order valence-electron chi connectivity index (χ1n) is 17.0. The third-order valence-electron chi connectivity index (χ3n) is 8.81. The van der Waals surface area contributed by atoms with Crippen LogP contribution in [0, 0.1) is 6.33 Å². The van der Waals surface area contributed by atoms with Crippen LogP contribution in [-0.4, -0.2) is 34.9 Å². The first-order chi connectivity index (χ1) is 22.6. The minimum Gasteiger partial charge on any atom is -0.442 e. The van der Waals surface area contributed by atoms with Gasteiger partial charge in [0, 0.05) is 37.1 Å². The average Bonchev–Trinajstić information content (AvgIpc) is 3.58. The van der Waals surface area contributed by atoms with E-state index in [2.05, 4.69) is 106 Å². The van der Waals surface area contributed by atoms with Crippen LogP contribution < -0.4 is 19.3 Å². The Bertz CT molecular complexity index is 2150. The van der Waals surface area contributed by atoms with Crippen LogP contribution in [0.3, 0.4) is 0 Å². The number of fused-ring (bicyclic) bond motifs is 4. The van der Waals surface area contributed by atoms with Gasteiger partial charge in [-0.1, -0.05) is 83.8 Å². The van der Waals surface area contributed by atoms with Gasteiger partial charge < -0.3 is 23.8 Å². The Labute approximate surface area is 271 Å². The second-order valence-corrected chi connectivity index (χ2v) is 14.1. The lowest BCUT2D eigenvalue weighted by Gasteiger charge is -2.36. The van der Waals surface area contributed by atoms with Crippen molar-refractivity contribution in [2.24, 2.45) is 6.98 Å². The van der Waals surface area contributed by atoms with E-state index in [9.17, 15) is 0 Å². The summed E-state index contributed by atoms with van der Waals surface area (Å²) >= 11 is 0. The number of nitrogens with zero attached hydrogens (tertiary/aromatic N) is 5. The Morgan fingerprint density at radius 2 is 1.78 bits per heavy atom. The van der Waals surface area contributed by atoms with Crippen molar-refractivity contribution in [3.63, 3.8) is 0 Å². The third kappa shape index (κ3) is 5.04. The van der Waals surface area contributed by atoms with Crippen molar-refractivity contribution < 1.29 is 13.4 Å². The Morgan fingerprint density at radius 3 is 2.56 bits per heavy atom. The van der Waals surface area contributed by atoms with E-state index in [1.165, 1.54) is 10.1 Å². The van der Waals surface area contributed by atoms with Crippen LogP contribution in [0.1, 0.15) is 56.9 Å². The van der Waals surface area contributed by atoms with Crippen LogP contribution in [0.5, 0.6) is 5.75 Å². The van der Waals surface area contributed by atoms with Crippen molar-refractivity contribution in [3.05, 3.63) is 108 Å². The fraction of sp³-hybridized carbons (Fsp3) is 0.278. The first kappa shape index (κ1) is 25.7. The van der Waals surface area contributed by atoms with Gasteiger partial charge in [-0.2, -0.15) is 0 Å². The molecule has 7 nitrogen and oxygen atoms in total. The van der Waals surface area contributed by atoms with E-state index in [1.807, 2.05) is 58.9 Å². The van der Waals surface area contributed by atoms with E-state index in [0.29, 0.717) is 17.5 Å². The largest absolute Gasteiger partial charge is 0.464 e. The van der Waals surface area contributed by atoms with Crippen molar-refractivity contribution >= 4 is 47.5 Å². The molecule has 0 bridgehead atoms. The minimum atomic E-state index is -2.40. The number of ether oxygens (including phenoxy) is 1. The van der Waals surface area contributed by atoms with E-state index >= 15 is 0 Å². The maximum absolute atomic E-state index is 8.29. The molecule has 0 radical (unpaired) electrons. The van der Waals surface area contributed by atoms with Crippen molar-refractivity contribution in [2.75, 3.05) is 11.9 Å². The molecule has 3 aromatic heterocycles. The zero-order chi connectivity index (χ0) is 34.2. The summed E-state index contributed by atoms with van der Waals surface area (Å²) in [6.45, 7) is 10.3. The molecule has 9 heteroatoms. The number of para-hydroxylation sites is 1. The first-order valence-corrected chi connectivity index (χ1v) is 15.5. The normalized spacial score (nSPS) is 16.4. The molecule has 45 heavy (non-hydrogen) atoms. The fourth-order valence-electron chi connectivity index (χ4n) is 6.55. The van der Waals surface area contributed by atoms with E-state index < -0.39 is 14.0 Å². The van der Waals surface area contributed by atoms with Gasteiger partial charge in [0.05, 0.1) is 21.0 Å². The number of benzene rings is 2. The van der Waals surface area contributed by atoms with Crippen molar-refractivity contribution in [1.82, 2.24) is 19.3 Å². The molecule has 0 atom stereocenters. The number of hydrogen-bond acceptors (Lipinski definition) is 4. The highest BCUT2D eigenvalue weighted by Crippen LogP contribution is 2.37. The van der Waals surface area contributed by atoms with Crippen LogP contribution >= 0.6 is 0 Å². The van der Waals surface area contributed by atoms with E-state index in [1.54, 1.807) is 0 Å². The molecule has 2 aliphatic heterocycles. The Hall–Kier alpha value is -4.65. The molecule has 2 aliphatic rings. The number of imidazole rings is 1. The van der Waals surface area contributed by atoms with Crippen LogP contribution in [0.25, 0.3) is 33.7 Å². The van der Waals surface area contributed by atoms with Gasteiger partial charge in [0.1, 0.15) is 17.9 Å². The van der Waals surface area contributed by atoms with E-state index in [-0.39, 0.29) is 17.6 Å². The maximum Gasteiger partial charge on any atom is 0.464 e. The number of rotatable bonds is 4. The quantitative estimate of drug-likeness (QED) is 0.143. The van der Waals surface area contributed by atoms with Crippen molar-refractivity contribution in [2.45, 2.75) is 52.3 Å². The average molecular weight is 597 g/mol. The summed E-state index contributed by atoms with van der Waals surface area (Å²) in [7, 11) is 1.95. The number of nitrogens with one attached hydrogen (secondary N) is 1. The van der Waals surface area contributed by atoms with Crippen LogP contribution in [0.15, 0.2) is 90.8 Å². The lowest BCUT2D eigenvalue weighted by molar-refractivity contribution is -0.661. The zero-order valence-corrected chi connectivity index (χ0v) is 27.0. The Morgan fingerprint density at radius 1 is 0.978 bits per heavy atom. The molecular formula is C36H40B2N6O. The summed E-state index contributed by atoms with van der Waals surface area (Å²) in [5.41, 5.74) is 4.01. The smallest absolute Gasteiger partial charge is 0.442 e.